The van der Waals surface area contributed by atoms with Crippen LogP contribution in [0.3, 0.4) is 0 Å². The highest BCUT2D eigenvalue weighted by atomic mass is 16.5. The smallest absolute Gasteiger partial charge is 0.130 e. The Kier molecular flexibility index (Phi) is 3.79. The van der Waals surface area contributed by atoms with E-state index in [1.165, 1.54) is 5.56 Å². The second kappa shape index (κ2) is 5.51. The van der Waals surface area contributed by atoms with Crippen LogP contribution in [0, 0.1) is 13.8 Å². The van der Waals surface area contributed by atoms with Crippen molar-refractivity contribution in [2.45, 2.75) is 20.5 Å². The molecule has 0 spiro atoms. The van der Waals surface area contributed by atoms with Crippen molar-refractivity contribution in [2.24, 2.45) is 5.84 Å². The quantitative estimate of drug-likeness (QED) is 0.640. The van der Waals surface area contributed by atoms with Gasteiger partial charge >= 0.3 is 0 Å². The van der Waals surface area contributed by atoms with E-state index in [9.17, 15) is 0 Å². The van der Waals surface area contributed by atoms with E-state index < -0.39 is 0 Å². The Morgan fingerprint density at radius 3 is 2.89 bits per heavy atom. The number of nitrogens with two attached hydrogens (primary N) is 1. The summed E-state index contributed by atoms with van der Waals surface area (Å²) in [4.78, 5) is 4.23. The molecule has 0 saturated carbocycles. The summed E-state index contributed by atoms with van der Waals surface area (Å²) in [5.41, 5.74) is 6.63. The highest BCUT2D eigenvalue weighted by Gasteiger charge is 2.03. The standard InChI is InChI=1S/C14H17N3O/c1-10-4-3-5-14(11(10)2)18-9-13-8-12(17-15)6-7-16-13/h3-8H,9,15H2,1-2H3,(H,16,17). The van der Waals surface area contributed by atoms with Crippen LogP contribution in [0.2, 0.25) is 0 Å². The third-order valence-electron chi connectivity index (χ3n) is 2.91. The zero-order valence-electron chi connectivity index (χ0n) is 10.6. The van der Waals surface area contributed by atoms with Crippen molar-refractivity contribution in [3.63, 3.8) is 0 Å². The molecule has 4 nitrogen and oxygen atoms in total. The van der Waals surface area contributed by atoms with Gasteiger partial charge in [-0.15, -0.1) is 0 Å². The molecule has 0 aliphatic carbocycles. The average molecular weight is 243 g/mol. The SMILES string of the molecule is Cc1cccc(OCc2cc(NN)ccn2)c1C. The van der Waals surface area contributed by atoms with Crippen LogP contribution in [-0.4, -0.2) is 4.98 Å². The Morgan fingerprint density at radius 1 is 1.28 bits per heavy atom. The first-order chi connectivity index (χ1) is 8.70. The zero-order chi connectivity index (χ0) is 13.0. The summed E-state index contributed by atoms with van der Waals surface area (Å²) in [7, 11) is 0. The maximum absolute atomic E-state index is 5.77. The maximum atomic E-state index is 5.77. The lowest BCUT2D eigenvalue weighted by atomic mass is 10.1. The summed E-state index contributed by atoms with van der Waals surface area (Å²) >= 11 is 0. The molecule has 0 atom stereocenters. The first-order valence-electron chi connectivity index (χ1n) is 5.81. The van der Waals surface area contributed by atoms with Crippen LogP contribution < -0.4 is 16.0 Å². The van der Waals surface area contributed by atoms with Crippen molar-refractivity contribution < 1.29 is 4.74 Å². The molecule has 4 heteroatoms. The van der Waals surface area contributed by atoms with E-state index in [0.717, 1.165) is 22.7 Å². The number of hydrazine groups is 1. The first kappa shape index (κ1) is 12.4. The van der Waals surface area contributed by atoms with E-state index in [2.05, 4.69) is 30.3 Å². The van der Waals surface area contributed by atoms with Gasteiger partial charge in [-0.3, -0.25) is 10.8 Å². The molecule has 0 fully saturated rings. The number of benzene rings is 1. The number of anilines is 1. The Hall–Kier alpha value is -2.07. The van der Waals surface area contributed by atoms with E-state index in [0.29, 0.717) is 6.61 Å². The van der Waals surface area contributed by atoms with Gasteiger partial charge in [0.25, 0.3) is 0 Å². The molecule has 0 radical (unpaired) electrons. The van der Waals surface area contributed by atoms with Gasteiger partial charge in [-0.1, -0.05) is 12.1 Å². The molecule has 2 rings (SSSR count). The van der Waals surface area contributed by atoms with Gasteiger partial charge in [-0.25, -0.2) is 0 Å². The van der Waals surface area contributed by atoms with Gasteiger partial charge in [0, 0.05) is 6.20 Å². The summed E-state index contributed by atoms with van der Waals surface area (Å²) in [6, 6.07) is 9.70. The van der Waals surface area contributed by atoms with Gasteiger partial charge < -0.3 is 10.2 Å². The molecule has 3 N–H and O–H groups in total. The van der Waals surface area contributed by atoms with Gasteiger partial charge in [0.15, 0.2) is 0 Å². The van der Waals surface area contributed by atoms with Crippen LogP contribution in [-0.2, 0) is 6.61 Å². The fourth-order valence-electron chi connectivity index (χ4n) is 1.68. The molecule has 0 bridgehead atoms. The second-order valence-corrected chi connectivity index (χ2v) is 4.17. The maximum Gasteiger partial charge on any atom is 0.130 e. The molecule has 0 aliphatic rings. The Bertz CT molecular complexity index is 540. The topological polar surface area (TPSA) is 60.2 Å². The van der Waals surface area contributed by atoms with Crippen molar-refractivity contribution in [3.05, 3.63) is 53.3 Å². The molecule has 0 amide bonds. The van der Waals surface area contributed by atoms with Crippen molar-refractivity contribution in [1.82, 2.24) is 4.98 Å². The van der Waals surface area contributed by atoms with E-state index in [1.54, 1.807) is 12.3 Å². The van der Waals surface area contributed by atoms with Gasteiger partial charge in [-0.2, -0.15) is 0 Å². The summed E-state index contributed by atoms with van der Waals surface area (Å²) in [5, 5.41) is 0. The number of nitrogen functional groups attached to an aromatic ring is 1. The molecule has 18 heavy (non-hydrogen) atoms. The molecule has 0 unspecified atom stereocenters. The molecule has 94 valence electrons. The summed E-state index contributed by atoms with van der Waals surface area (Å²) < 4.78 is 5.77. The number of hydrogen-bond donors (Lipinski definition) is 2. The fourth-order valence-corrected chi connectivity index (χ4v) is 1.68. The Labute approximate surface area is 107 Å². The summed E-state index contributed by atoms with van der Waals surface area (Å²) in [6.45, 7) is 4.55. The van der Waals surface area contributed by atoms with Crippen molar-refractivity contribution in [1.29, 1.82) is 0 Å². The lowest BCUT2D eigenvalue weighted by Crippen LogP contribution is -2.08. The summed E-state index contributed by atoms with van der Waals surface area (Å²) in [5.74, 6) is 6.24. The Morgan fingerprint density at radius 2 is 2.11 bits per heavy atom. The number of pyridine rings is 1. The lowest BCUT2D eigenvalue weighted by molar-refractivity contribution is 0.299. The van der Waals surface area contributed by atoms with Crippen LogP contribution in [0.5, 0.6) is 5.75 Å². The molecule has 1 heterocycles. The highest BCUT2D eigenvalue weighted by molar-refractivity contribution is 5.42. The van der Waals surface area contributed by atoms with Gasteiger partial charge in [-0.05, 0) is 43.2 Å². The van der Waals surface area contributed by atoms with Gasteiger partial charge in [0.1, 0.15) is 12.4 Å². The van der Waals surface area contributed by atoms with Crippen LogP contribution in [0.25, 0.3) is 0 Å². The average Bonchev–Trinajstić information content (AvgIpc) is 2.41. The molecule has 2 aromatic rings. The third-order valence-corrected chi connectivity index (χ3v) is 2.91. The second-order valence-electron chi connectivity index (χ2n) is 4.17. The molecular weight excluding hydrogens is 226 g/mol. The van der Waals surface area contributed by atoms with Crippen molar-refractivity contribution in [2.75, 3.05) is 5.43 Å². The van der Waals surface area contributed by atoms with Crippen LogP contribution in [0.15, 0.2) is 36.5 Å². The predicted octanol–water partition coefficient (Wildman–Crippen LogP) is 2.56. The number of nitrogens with zero attached hydrogens (tertiary/aromatic N) is 1. The minimum atomic E-state index is 0.430. The predicted molar refractivity (Wildman–Crippen MR) is 72.3 cm³/mol. The summed E-state index contributed by atoms with van der Waals surface area (Å²) in [6.07, 6.45) is 1.71. The van der Waals surface area contributed by atoms with Crippen LogP contribution in [0.4, 0.5) is 5.69 Å². The molecule has 0 aliphatic heterocycles. The number of ether oxygens (including phenoxy) is 1. The number of aromatic nitrogens is 1. The van der Waals surface area contributed by atoms with Gasteiger partial charge in [0.05, 0.1) is 11.4 Å². The van der Waals surface area contributed by atoms with Crippen LogP contribution in [0.1, 0.15) is 16.8 Å². The Balaban J connectivity index is 2.09. The number of nitrogens with one attached hydrogen (secondary N) is 1. The molecular formula is C14H17N3O. The normalized spacial score (nSPS) is 10.2. The monoisotopic (exact) mass is 243 g/mol. The van der Waals surface area contributed by atoms with Crippen LogP contribution >= 0.6 is 0 Å². The number of hydrogen-bond acceptors (Lipinski definition) is 4. The van der Waals surface area contributed by atoms with E-state index >= 15 is 0 Å². The number of rotatable bonds is 4. The largest absolute Gasteiger partial charge is 0.487 e. The zero-order valence-corrected chi connectivity index (χ0v) is 10.6. The lowest BCUT2D eigenvalue weighted by Gasteiger charge is -2.11. The first-order valence-corrected chi connectivity index (χ1v) is 5.81. The van der Waals surface area contributed by atoms with Gasteiger partial charge in [0.2, 0.25) is 0 Å². The third kappa shape index (κ3) is 2.78. The molecule has 1 aromatic heterocycles. The van der Waals surface area contributed by atoms with Crippen molar-refractivity contribution in [3.8, 4) is 5.75 Å². The fraction of sp³-hybridized carbons (Fsp3) is 0.214. The van der Waals surface area contributed by atoms with E-state index in [4.69, 9.17) is 10.6 Å². The highest BCUT2D eigenvalue weighted by Crippen LogP contribution is 2.21. The van der Waals surface area contributed by atoms with E-state index in [-0.39, 0.29) is 0 Å². The number of aryl methyl sites for hydroxylation is 1. The van der Waals surface area contributed by atoms with E-state index in [1.807, 2.05) is 18.2 Å². The minimum Gasteiger partial charge on any atom is -0.487 e. The van der Waals surface area contributed by atoms with Crippen molar-refractivity contribution >= 4 is 5.69 Å². The molecule has 1 aromatic carbocycles. The minimum absolute atomic E-state index is 0.430. The molecule has 0 saturated heterocycles.